The van der Waals surface area contributed by atoms with Gasteiger partial charge in [-0.2, -0.15) is 5.10 Å². The molecule has 1 aromatic carbocycles. The van der Waals surface area contributed by atoms with E-state index in [1.54, 1.807) is 0 Å². The first-order chi connectivity index (χ1) is 9.15. The number of nitrogens with one attached hydrogen (secondary N) is 1. The van der Waals surface area contributed by atoms with Gasteiger partial charge in [-0.3, -0.25) is 4.68 Å². The number of aryl methyl sites for hydroxylation is 1. The first-order valence-corrected chi connectivity index (χ1v) is 7.09. The summed E-state index contributed by atoms with van der Waals surface area (Å²) in [6.07, 6.45) is 3.92. The van der Waals surface area contributed by atoms with E-state index in [0.29, 0.717) is 0 Å². The van der Waals surface area contributed by atoms with Gasteiger partial charge >= 0.3 is 0 Å². The van der Waals surface area contributed by atoms with Crippen LogP contribution in [0.3, 0.4) is 0 Å². The summed E-state index contributed by atoms with van der Waals surface area (Å²) >= 11 is 6.38. The molecule has 0 saturated heterocycles. The second-order valence-corrected chi connectivity index (χ2v) is 5.01. The van der Waals surface area contributed by atoms with Crippen molar-refractivity contribution in [2.45, 2.75) is 33.4 Å². The van der Waals surface area contributed by atoms with Crippen LogP contribution < -0.4 is 5.32 Å². The molecule has 1 aromatic heterocycles. The van der Waals surface area contributed by atoms with Crippen molar-refractivity contribution < 1.29 is 0 Å². The quantitative estimate of drug-likeness (QED) is 0.898. The molecule has 0 bridgehead atoms. The maximum Gasteiger partial charge on any atom is 0.0568 e. The maximum absolute atomic E-state index is 6.38. The van der Waals surface area contributed by atoms with Crippen LogP contribution in [0.2, 0.25) is 5.02 Å². The van der Waals surface area contributed by atoms with Crippen molar-refractivity contribution in [1.82, 2.24) is 15.1 Å². The molecule has 102 valence electrons. The van der Waals surface area contributed by atoms with Crippen molar-refractivity contribution in [3.8, 4) is 11.1 Å². The van der Waals surface area contributed by atoms with E-state index in [4.69, 9.17) is 11.6 Å². The summed E-state index contributed by atoms with van der Waals surface area (Å²) in [7, 11) is 0. The van der Waals surface area contributed by atoms with E-state index in [2.05, 4.69) is 43.3 Å². The van der Waals surface area contributed by atoms with E-state index in [9.17, 15) is 0 Å². The fourth-order valence-electron chi connectivity index (χ4n) is 2.16. The van der Waals surface area contributed by atoms with Crippen LogP contribution in [0.25, 0.3) is 11.1 Å². The van der Waals surface area contributed by atoms with Gasteiger partial charge < -0.3 is 5.32 Å². The molecule has 1 atom stereocenters. The maximum atomic E-state index is 6.38. The first-order valence-electron chi connectivity index (χ1n) is 6.71. The molecule has 0 amide bonds. The predicted octanol–water partition coefficient (Wildman–Crippen LogP) is 3.89. The van der Waals surface area contributed by atoms with E-state index in [1.165, 1.54) is 0 Å². The lowest BCUT2D eigenvalue weighted by Crippen LogP contribution is -2.17. The third-order valence-corrected chi connectivity index (χ3v) is 3.60. The molecule has 0 aliphatic heterocycles. The number of hydrogen-bond acceptors (Lipinski definition) is 2. The zero-order valence-corrected chi connectivity index (χ0v) is 12.4. The second kappa shape index (κ2) is 6.22. The van der Waals surface area contributed by atoms with Gasteiger partial charge in [0.15, 0.2) is 0 Å². The van der Waals surface area contributed by atoms with Gasteiger partial charge in [-0.15, -0.1) is 0 Å². The van der Waals surface area contributed by atoms with Crippen LogP contribution >= 0.6 is 11.6 Å². The van der Waals surface area contributed by atoms with Gasteiger partial charge in [0.1, 0.15) is 0 Å². The Morgan fingerprint density at radius 3 is 2.68 bits per heavy atom. The Bertz CT molecular complexity index is 548. The average Bonchev–Trinajstić information content (AvgIpc) is 2.87. The van der Waals surface area contributed by atoms with E-state index >= 15 is 0 Å². The van der Waals surface area contributed by atoms with Crippen LogP contribution in [0.4, 0.5) is 0 Å². The zero-order chi connectivity index (χ0) is 13.8. The largest absolute Gasteiger partial charge is 0.310 e. The van der Waals surface area contributed by atoms with Crippen LogP contribution in [0.15, 0.2) is 30.6 Å². The van der Waals surface area contributed by atoms with Gasteiger partial charge in [-0.1, -0.05) is 30.7 Å². The Balaban J connectivity index is 2.27. The van der Waals surface area contributed by atoms with E-state index in [-0.39, 0.29) is 6.04 Å². The molecule has 2 rings (SSSR count). The number of nitrogens with zero attached hydrogens (tertiary/aromatic N) is 2. The summed E-state index contributed by atoms with van der Waals surface area (Å²) < 4.78 is 1.92. The van der Waals surface area contributed by atoms with Crippen LogP contribution in [0.5, 0.6) is 0 Å². The minimum absolute atomic E-state index is 0.268. The third-order valence-electron chi connectivity index (χ3n) is 3.27. The Morgan fingerprint density at radius 1 is 1.32 bits per heavy atom. The minimum atomic E-state index is 0.268. The summed E-state index contributed by atoms with van der Waals surface area (Å²) in [5.74, 6) is 0. The Morgan fingerprint density at radius 2 is 2.11 bits per heavy atom. The SMILES string of the molecule is CCNC(C)c1ccc(-c2cnn(CC)c2)cc1Cl. The van der Waals surface area contributed by atoms with Crippen molar-refractivity contribution in [2.24, 2.45) is 0 Å². The fraction of sp³-hybridized carbons (Fsp3) is 0.400. The van der Waals surface area contributed by atoms with Crippen LogP contribution in [-0.2, 0) is 6.54 Å². The van der Waals surface area contributed by atoms with E-state index < -0.39 is 0 Å². The van der Waals surface area contributed by atoms with Gasteiger partial charge in [0.2, 0.25) is 0 Å². The topological polar surface area (TPSA) is 29.9 Å². The lowest BCUT2D eigenvalue weighted by atomic mass is 10.0. The highest BCUT2D eigenvalue weighted by molar-refractivity contribution is 6.31. The summed E-state index contributed by atoms with van der Waals surface area (Å²) in [5, 5.41) is 8.46. The van der Waals surface area contributed by atoms with Gasteiger partial charge in [0.25, 0.3) is 0 Å². The smallest absolute Gasteiger partial charge is 0.0568 e. The lowest BCUT2D eigenvalue weighted by Gasteiger charge is -2.15. The lowest BCUT2D eigenvalue weighted by molar-refractivity contribution is 0.598. The molecule has 4 heteroatoms. The molecule has 0 saturated carbocycles. The molecule has 0 radical (unpaired) electrons. The number of rotatable bonds is 5. The van der Waals surface area contributed by atoms with Crippen molar-refractivity contribution in [2.75, 3.05) is 6.54 Å². The summed E-state index contributed by atoms with van der Waals surface area (Å²) in [6.45, 7) is 8.11. The highest BCUT2D eigenvalue weighted by Gasteiger charge is 2.10. The summed E-state index contributed by atoms with van der Waals surface area (Å²) in [4.78, 5) is 0. The Hall–Kier alpha value is -1.32. The van der Waals surface area contributed by atoms with Gasteiger partial charge in [-0.25, -0.2) is 0 Å². The zero-order valence-electron chi connectivity index (χ0n) is 11.7. The van der Waals surface area contributed by atoms with Crippen LogP contribution in [-0.4, -0.2) is 16.3 Å². The van der Waals surface area contributed by atoms with Gasteiger partial charge in [0, 0.05) is 29.4 Å². The second-order valence-electron chi connectivity index (χ2n) is 4.60. The molecule has 1 heterocycles. The Labute approximate surface area is 119 Å². The minimum Gasteiger partial charge on any atom is -0.310 e. The average molecular weight is 278 g/mol. The van der Waals surface area contributed by atoms with E-state index in [1.807, 2.05) is 23.1 Å². The molecule has 19 heavy (non-hydrogen) atoms. The molecule has 0 spiro atoms. The van der Waals surface area contributed by atoms with Crippen molar-refractivity contribution in [3.05, 3.63) is 41.2 Å². The molecular weight excluding hydrogens is 258 g/mol. The molecule has 1 N–H and O–H groups in total. The molecule has 3 nitrogen and oxygen atoms in total. The first kappa shape index (κ1) is 14.1. The summed E-state index contributed by atoms with van der Waals surface area (Å²) in [5.41, 5.74) is 3.35. The number of halogens is 1. The van der Waals surface area contributed by atoms with Crippen molar-refractivity contribution >= 4 is 11.6 Å². The molecule has 0 aliphatic rings. The van der Waals surface area contributed by atoms with Crippen LogP contribution in [0.1, 0.15) is 32.4 Å². The van der Waals surface area contributed by atoms with Gasteiger partial charge in [0.05, 0.1) is 6.20 Å². The standard InChI is InChI=1S/C15H20ClN3/c1-4-17-11(3)14-7-6-12(8-15(14)16)13-9-18-19(5-2)10-13/h6-11,17H,4-5H2,1-3H3. The van der Waals surface area contributed by atoms with Crippen LogP contribution in [0, 0.1) is 0 Å². The fourth-order valence-corrected chi connectivity index (χ4v) is 2.50. The summed E-state index contributed by atoms with van der Waals surface area (Å²) in [6, 6.07) is 6.48. The predicted molar refractivity (Wildman–Crippen MR) is 80.4 cm³/mol. The molecular formula is C15H20ClN3. The molecule has 1 unspecified atom stereocenters. The third kappa shape index (κ3) is 3.17. The Kier molecular flexibility index (Phi) is 4.61. The highest BCUT2D eigenvalue weighted by Crippen LogP contribution is 2.28. The highest BCUT2D eigenvalue weighted by atomic mass is 35.5. The normalized spacial score (nSPS) is 12.6. The molecule has 0 fully saturated rings. The van der Waals surface area contributed by atoms with Crippen molar-refractivity contribution in [1.29, 1.82) is 0 Å². The molecule has 0 aliphatic carbocycles. The van der Waals surface area contributed by atoms with Crippen molar-refractivity contribution in [3.63, 3.8) is 0 Å². The van der Waals surface area contributed by atoms with E-state index in [0.717, 1.165) is 34.8 Å². The van der Waals surface area contributed by atoms with Gasteiger partial charge in [-0.05, 0) is 37.6 Å². The monoisotopic (exact) mass is 277 g/mol. The number of benzene rings is 1. The number of aromatic nitrogens is 2. The molecule has 2 aromatic rings. The number of hydrogen-bond donors (Lipinski definition) is 1.